The van der Waals surface area contributed by atoms with E-state index in [1.165, 1.54) is 0 Å². The topological polar surface area (TPSA) is 117 Å². The number of amides is 3. The van der Waals surface area contributed by atoms with E-state index in [-0.39, 0.29) is 35.7 Å². The lowest BCUT2D eigenvalue weighted by Crippen LogP contribution is -2.61. The van der Waals surface area contributed by atoms with Crippen LogP contribution in [0.3, 0.4) is 0 Å². The molecule has 1 N–H and O–H groups in total. The smallest absolute Gasteiger partial charge is 0.313 e. The number of aliphatic hydroxyl groups is 1. The van der Waals surface area contributed by atoms with E-state index in [9.17, 15) is 14.7 Å². The number of ether oxygens (including phenoxy) is 2. The molecule has 1 aliphatic carbocycles. The van der Waals surface area contributed by atoms with Gasteiger partial charge in [-0.2, -0.15) is 0 Å². The molecule has 6 rings (SSSR count). The van der Waals surface area contributed by atoms with Crippen molar-refractivity contribution in [2.24, 2.45) is 11.8 Å². The zero-order chi connectivity index (χ0) is 38.6. The van der Waals surface area contributed by atoms with E-state index in [4.69, 9.17) is 9.47 Å². The third kappa shape index (κ3) is 7.56. The fourth-order valence-corrected chi connectivity index (χ4v) is 10.3. The van der Waals surface area contributed by atoms with E-state index in [0.717, 1.165) is 37.7 Å². The number of hydrogen-bond donors (Lipinski definition) is 1. The summed E-state index contributed by atoms with van der Waals surface area (Å²) < 4.78 is 13.3. The normalized spacial score (nSPS) is 27.8. The van der Waals surface area contributed by atoms with Crippen molar-refractivity contribution in [3.8, 4) is 0 Å². The van der Waals surface area contributed by atoms with E-state index in [0.29, 0.717) is 31.4 Å². The summed E-state index contributed by atoms with van der Waals surface area (Å²) in [6, 6.07) is 16.5. The van der Waals surface area contributed by atoms with Crippen molar-refractivity contribution < 1.29 is 33.8 Å². The van der Waals surface area contributed by atoms with Crippen molar-refractivity contribution >= 4 is 39.6 Å². The number of likely N-dealkylation sites (tertiary alicyclic amines) is 1. The van der Waals surface area contributed by atoms with Crippen LogP contribution in [0.5, 0.6) is 0 Å². The van der Waals surface area contributed by atoms with Crippen molar-refractivity contribution in [2.75, 3.05) is 20.2 Å². The molecule has 10 nitrogen and oxygen atoms in total. The molecule has 3 heterocycles. The highest BCUT2D eigenvalue weighted by Gasteiger charge is 2.77. The molecule has 3 aliphatic heterocycles. The highest BCUT2D eigenvalue weighted by molar-refractivity contribution is 9.09. The quantitative estimate of drug-likeness (QED) is 0.130. The molecule has 9 atom stereocenters. The van der Waals surface area contributed by atoms with Crippen LogP contribution in [0.2, 0.25) is 0 Å². The number of esters is 1. The van der Waals surface area contributed by atoms with Crippen LogP contribution < -0.4 is 0 Å². The number of aliphatic hydroxyl groups excluding tert-OH is 1. The third-order valence-electron chi connectivity index (χ3n) is 12.2. The summed E-state index contributed by atoms with van der Waals surface area (Å²) in [6.45, 7) is 9.47. The van der Waals surface area contributed by atoms with Gasteiger partial charge >= 0.3 is 5.97 Å². The molecule has 3 amide bonds. The zero-order valence-corrected chi connectivity index (χ0v) is 33.0. The number of benzene rings is 2. The van der Waals surface area contributed by atoms with Gasteiger partial charge < -0.3 is 29.3 Å². The highest BCUT2D eigenvalue weighted by Crippen LogP contribution is 2.61. The van der Waals surface area contributed by atoms with Gasteiger partial charge in [-0.1, -0.05) is 108 Å². The molecule has 2 bridgehead atoms. The Balaban J connectivity index is 1.38. The fourth-order valence-electron chi connectivity index (χ4n) is 9.38. The Bertz CT molecular complexity index is 1670. The number of halogens is 1. The van der Waals surface area contributed by atoms with E-state index in [1.54, 1.807) is 29.0 Å². The largest absolute Gasteiger partial charge is 0.455 e. The zero-order valence-electron chi connectivity index (χ0n) is 31.4. The molecule has 0 radical (unpaired) electrons. The van der Waals surface area contributed by atoms with Gasteiger partial charge in [-0.05, 0) is 50.2 Å². The van der Waals surface area contributed by atoms with Crippen molar-refractivity contribution in [3.63, 3.8) is 0 Å². The fraction of sp³-hybridized carbons (Fsp3) is 0.535. The second-order valence-corrected chi connectivity index (χ2v) is 16.5. The molecule has 3 saturated heterocycles. The molecule has 11 heteroatoms. The molecule has 1 unspecified atom stereocenters. The summed E-state index contributed by atoms with van der Waals surface area (Å²) in [5.41, 5.74) is 0.283. The number of carbonyl (C=O) groups excluding carboxylic acids is 4. The van der Waals surface area contributed by atoms with Crippen LogP contribution in [0.25, 0.3) is 0 Å². The highest BCUT2D eigenvalue weighted by atomic mass is 79.9. The maximum absolute atomic E-state index is 15.2. The molecule has 290 valence electrons. The number of carbonyl (C=O) groups is 4. The number of likely N-dealkylation sites (N-methyl/N-ethyl adjacent to an activating group) is 1. The van der Waals surface area contributed by atoms with E-state index < -0.39 is 59.6 Å². The Labute approximate surface area is 327 Å². The molecule has 4 fully saturated rings. The minimum Gasteiger partial charge on any atom is -0.455 e. The van der Waals surface area contributed by atoms with Crippen LogP contribution in [-0.4, -0.2) is 104 Å². The van der Waals surface area contributed by atoms with Gasteiger partial charge in [-0.25, -0.2) is 0 Å². The summed E-state index contributed by atoms with van der Waals surface area (Å²) in [6.07, 6.45) is 8.11. The van der Waals surface area contributed by atoms with Gasteiger partial charge in [0.2, 0.25) is 17.7 Å². The van der Waals surface area contributed by atoms with Crippen LogP contribution in [-0.2, 0) is 35.1 Å². The molecular weight excluding hydrogens is 750 g/mol. The van der Waals surface area contributed by atoms with Crippen molar-refractivity contribution in [3.05, 3.63) is 97.1 Å². The van der Waals surface area contributed by atoms with E-state index in [2.05, 4.69) is 29.1 Å². The second kappa shape index (κ2) is 17.3. The van der Waals surface area contributed by atoms with Gasteiger partial charge in [0.05, 0.1) is 36.6 Å². The Morgan fingerprint density at radius 3 is 2.35 bits per heavy atom. The number of allylic oxidation sites excluding steroid dienone is 1. The molecule has 1 saturated carbocycles. The molecule has 4 aliphatic rings. The minimum absolute atomic E-state index is 0.0169. The number of nitrogens with zero attached hydrogens (tertiary/aromatic N) is 3. The van der Waals surface area contributed by atoms with Gasteiger partial charge in [-0.15, -0.1) is 13.2 Å². The maximum atomic E-state index is 15.2. The van der Waals surface area contributed by atoms with Gasteiger partial charge in [-0.3, -0.25) is 19.2 Å². The lowest BCUT2D eigenvalue weighted by Gasteiger charge is -2.42. The van der Waals surface area contributed by atoms with Gasteiger partial charge in [0.1, 0.15) is 17.7 Å². The number of hydrogen-bond acceptors (Lipinski definition) is 7. The lowest BCUT2D eigenvalue weighted by molar-refractivity contribution is -0.165. The Morgan fingerprint density at radius 1 is 1.06 bits per heavy atom. The SMILES string of the molecule is C=CCCC(=O)N(C)[C@H](C)[C@H](OC(=O)[C@@H]1[C@H]2O[C@@]3(CC2Br)[C@H](C(=O)N(CC=C)C2CCCCC2)N([C@@H](CO)Cc2ccccc2)C(=O)[C@@H]13)c1ccccc1. The van der Waals surface area contributed by atoms with E-state index in [1.807, 2.05) is 72.5 Å². The molecule has 0 aromatic heterocycles. The minimum atomic E-state index is -1.33. The first-order chi connectivity index (χ1) is 26.1. The van der Waals surface area contributed by atoms with Crippen LogP contribution in [0, 0.1) is 11.8 Å². The first kappa shape index (κ1) is 39.9. The first-order valence-corrected chi connectivity index (χ1v) is 20.3. The summed E-state index contributed by atoms with van der Waals surface area (Å²) in [5.74, 6) is -3.42. The van der Waals surface area contributed by atoms with Gasteiger partial charge in [0.15, 0.2) is 0 Å². The van der Waals surface area contributed by atoms with Crippen LogP contribution in [0.1, 0.15) is 75.5 Å². The molecule has 2 aromatic rings. The molecule has 2 aromatic carbocycles. The van der Waals surface area contributed by atoms with Crippen molar-refractivity contribution in [1.82, 2.24) is 14.7 Å². The monoisotopic (exact) mass is 803 g/mol. The average Bonchev–Trinajstić information content (AvgIpc) is 3.80. The summed E-state index contributed by atoms with van der Waals surface area (Å²) in [4.78, 5) is 62.8. The number of fused-ring (bicyclic) bond motifs is 1. The second-order valence-electron chi connectivity index (χ2n) is 15.3. The number of alkyl halides is 1. The van der Waals surface area contributed by atoms with Crippen molar-refractivity contribution in [1.29, 1.82) is 0 Å². The Morgan fingerprint density at radius 2 is 1.72 bits per heavy atom. The lowest BCUT2D eigenvalue weighted by atomic mass is 9.70. The van der Waals surface area contributed by atoms with Crippen LogP contribution in [0.15, 0.2) is 86.0 Å². The van der Waals surface area contributed by atoms with Gasteiger partial charge in [0.25, 0.3) is 0 Å². The first-order valence-electron chi connectivity index (χ1n) is 19.4. The summed E-state index contributed by atoms with van der Waals surface area (Å²) in [7, 11) is 1.70. The van der Waals surface area contributed by atoms with Crippen LogP contribution in [0.4, 0.5) is 0 Å². The third-order valence-corrected chi connectivity index (χ3v) is 13.0. The molecule has 54 heavy (non-hydrogen) atoms. The predicted molar refractivity (Wildman–Crippen MR) is 209 cm³/mol. The van der Waals surface area contributed by atoms with Crippen LogP contribution >= 0.6 is 15.9 Å². The maximum Gasteiger partial charge on any atom is 0.313 e. The summed E-state index contributed by atoms with van der Waals surface area (Å²) >= 11 is 3.80. The standard InChI is InChI=1S/C43H54BrN3O7/c1-5-7-23-34(49)45(4)28(3)37(30-19-13-9-14-20-30)53-42(52)35-36-40(50)47(32(27-48)25-29-17-11-8-12-18-29)39(43(36)26-33(44)38(35)54-43)41(51)46(24-6-2)31-21-15-10-16-22-31/h5-6,8-9,11-14,17-20,28,31-33,35-39,48H,1-2,7,10,15-16,21-27H2,3-4H3/t28-,32-,33?,35+,36-,37+,38+,39+,43-/m1/s1. The molecule has 1 spiro atoms. The summed E-state index contributed by atoms with van der Waals surface area (Å²) in [5, 5.41) is 11.0. The number of rotatable bonds is 16. The predicted octanol–water partition coefficient (Wildman–Crippen LogP) is 5.78. The Kier molecular flexibility index (Phi) is 12.8. The molecular formula is C43H54BrN3O7. The average molecular weight is 805 g/mol. The van der Waals surface area contributed by atoms with Gasteiger partial charge in [0, 0.05) is 30.9 Å². The van der Waals surface area contributed by atoms with Crippen molar-refractivity contribution in [2.45, 2.75) is 112 Å². The van der Waals surface area contributed by atoms with E-state index >= 15 is 9.59 Å². The Hall–Kier alpha value is -3.80.